The average Bonchev–Trinajstić information content (AvgIpc) is 2.44. The molecular formula is C16H31N3O. The Morgan fingerprint density at radius 3 is 2.25 bits per heavy atom. The molecular weight excluding hydrogens is 250 g/mol. The molecule has 0 saturated carbocycles. The first kappa shape index (κ1) is 18.9. The van der Waals surface area contributed by atoms with E-state index >= 15 is 0 Å². The molecule has 0 fully saturated rings. The summed E-state index contributed by atoms with van der Waals surface area (Å²) in [7, 11) is 0. The lowest BCUT2D eigenvalue weighted by Gasteiger charge is -2.06. The fourth-order valence-corrected chi connectivity index (χ4v) is 1.79. The number of hydrogen-bond acceptors (Lipinski definition) is 4. The molecule has 0 unspecified atom stereocenters. The summed E-state index contributed by atoms with van der Waals surface area (Å²) in [4.78, 5) is 4.36. The fraction of sp³-hybridized carbons (Fsp3) is 0.688. The van der Waals surface area contributed by atoms with Crippen molar-refractivity contribution in [1.29, 1.82) is 0 Å². The van der Waals surface area contributed by atoms with Crippen LogP contribution < -0.4 is 11.5 Å². The van der Waals surface area contributed by atoms with Crippen LogP contribution in [0.1, 0.15) is 57.2 Å². The molecule has 1 heterocycles. The molecule has 0 saturated heterocycles. The summed E-state index contributed by atoms with van der Waals surface area (Å²) >= 11 is 0. The maximum absolute atomic E-state index is 8.67. The van der Waals surface area contributed by atoms with Crippen LogP contribution in [0.5, 0.6) is 0 Å². The maximum Gasteiger partial charge on any atom is 0.126 e. The minimum absolute atomic E-state index is 0.253. The van der Waals surface area contributed by atoms with Gasteiger partial charge >= 0.3 is 0 Å². The molecule has 1 aromatic heterocycles. The first-order valence-corrected chi connectivity index (χ1v) is 7.74. The van der Waals surface area contributed by atoms with Gasteiger partial charge in [0.25, 0.3) is 0 Å². The van der Waals surface area contributed by atoms with Gasteiger partial charge in [0, 0.05) is 12.3 Å². The molecule has 0 spiro atoms. The molecule has 4 heteroatoms. The third-order valence-corrected chi connectivity index (χ3v) is 2.99. The lowest BCUT2D eigenvalue weighted by atomic mass is 10.1. The molecule has 0 aliphatic carbocycles. The number of rotatable bonds is 8. The van der Waals surface area contributed by atoms with Gasteiger partial charge in [0.15, 0.2) is 0 Å². The van der Waals surface area contributed by atoms with Crippen LogP contribution in [-0.4, -0.2) is 23.2 Å². The lowest BCUT2D eigenvalue weighted by molar-refractivity contribution is 0.284. The standard InChI is InChI=1S/C12H20N2O.C4H11N/c1-2-5-10-7-8-11(14-12(10)13)6-3-4-9-15;1-2-3-4-5/h7-8,15H,2-6,9H2,1H3,(H2,13,14);2-5H2,1H3. The highest BCUT2D eigenvalue weighted by molar-refractivity contribution is 5.40. The number of unbranched alkanes of at least 4 members (excludes halogenated alkanes) is 2. The van der Waals surface area contributed by atoms with Crippen LogP contribution in [0.4, 0.5) is 5.82 Å². The molecule has 0 aromatic carbocycles. The zero-order valence-corrected chi connectivity index (χ0v) is 13.1. The van der Waals surface area contributed by atoms with Crippen molar-refractivity contribution in [3.05, 3.63) is 23.4 Å². The van der Waals surface area contributed by atoms with Crippen molar-refractivity contribution in [3.8, 4) is 0 Å². The summed E-state index contributed by atoms with van der Waals surface area (Å²) in [5, 5.41) is 8.67. The highest BCUT2D eigenvalue weighted by atomic mass is 16.2. The minimum atomic E-state index is 0.253. The predicted molar refractivity (Wildman–Crippen MR) is 86.6 cm³/mol. The van der Waals surface area contributed by atoms with Gasteiger partial charge in [-0.3, -0.25) is 0 Å². The van der Waals surface area contributed by atoms with Crippen molar-refractivity contribution in [2.24, 2.45) is 5.73 Å². The van der Waals surface area contributed by atoms with Gasteiger partial charge in [0.05, 0.1) is 0 Å². The Balaban J connectivity index is 0.000000621. The van der Waals surface area contributed by atoms with Gasteiger partial charge in [0.2, 0.25) is 0 Å². The van der Waals surface area contributed by atoms with Gasteiger partial charge in [-0.2, -0.15) is 0 Å². The van der Waals surface area contributed by atoms with E-state index in [-0.39, 0.29) is 6.61 Å². The van der Waals surface area contributed by atoms with E-state index < -0.39 is 0 Å². The molecule has 116 valence electrons. The number of aromatic nitrogens is 1. The molecule has 0 aliphatic rings. The zero-order chi connectivity index (χ0) is 15.2. The summed E-state index contributed by atoms with van der Waals surface area (Å²) in [6, 6.07) is 4.11. The Kier molecular flexibility index (Phi) is 12.2. The second kappa shape index (κ2) is 12.9. The van der Waals surface area contributed by atoms with Crippen molar-refractivity contribution in [2.75, 3.05) is 18.9 Å². The predicted octanol–water partition coefficient (Wildman–Crippen LogP) is 2.68. The Morgan fingerprint density at radius 1 is 1.05 bits per heavy atom. The van der Waals surface area contributed by atoms with Crippen LogP contribution in [0.25, 0.3) is 0 Å². The number of nitrogens with zero attached hydrogens (tertiary/aromatic N) is 1. The molecule has 5 N–H and O–H groups in total. The average molecular weight is 281 g/mol. The third-order valence-electron chi connectivity index (χ3n) is 2.99. The van der Waals surface area contributed by atoms with E-state index in [4.69, 9.17) is 16.6 Å². The molecule has 4 nitrogen and oxygen atoms in total. The van der Waals surface area contributed by atoms with Gasteiger partial charge in [0.1, 0.15) is 5.82 Å². The van der Waals surface area contributed by atoms with E-state index in [0.29, 0.717) is 5.82 Å². The Labute approximate surface area is 123 Å². The summed E-state index contributed by atoms with van der Waals surface area (Å²) in [6.45, 7) is 5.36. The van der Waals surface area contributed by atoms with Crippen LogP contribution in [0, 0.1) is 0 Å². The van der Waals surface area contributed by atoms with Gasteiger partial charge in [-0.05, 0) is 50.3 Å². The summed E-state index contributed by atoms with van der Waals surface area (Å²) in [5.74, 6) is 0.665. The van der Waals surface area contributed by atoms with E-state index in [0.717, 1.165) is 49.9 Å². The maximum atomic E-state index is 8.67. The first-order valence-electron chi connectivity index (χ1n) is 7.74. The van der Waals surface area contributed by atoms with Crippen molar-refractivity contribution in [2.45, 2.75) is 58.8 Å². The van der Waals surface area contributed by atoms with Crippen LogP contribution in [0.15, 0.2) is 12.1 Å². The highest BCUT2D eigenvalue weighted by Gasteiger charge is 2.01. The summed E-state index contributed by atoms with van der Waals surface area (Å²) in [5.41, 5.74) is 13.2. The van der Waals surface area contributed by atoms with Crippen LogP contribution in [0.2, 0.25) is 0 Å². The van der Waals surface area contributed by atoms with Crippen molar-refractivity contribution in [1.82, 2.24) is 4.98 Å². The topological polar surface area (TPSA) is 85.2 Å². The van der Waals surface area contributed by atoms with Gasteiger partial charge in [-0.25, -0.2) is 4.98 Å². The number of aliphatic hydroxyl groups excluding tert-OH is 1. The van der Waals surface area contributed by atoms with Crippen molar-refractivity contribution < 1.29 is 5.11 Å². The van der Waals surface area contributed by atoms with Crippen LogP contribution in [0.3, 0.4) is 0 Å². The Bertz CT molecular complexity index is 340. The molecule has 0 aliphatic heterocycles. The Morgan fingerprint density at radius 2 is 1.80 bits per heavy atom. The number of anilines is 1. The molecule has 0 bridgehead atoms. The number of pyridine rings is 1. The summed E-state index contributed by atoms with van der Waals surface area (Å²) < 4.78 is 0. The normalized spacial score (nSPS) is 10.0. The SMILES string of the molecule is CCCCN.CCCc1ccc(CCCCO)nc1N. The summed E-state index contributed by atoms with van der Waals surface area (Å²) in [6.07, 6.45) is 7.17. The molecule has 0 amide bonds. The number of hydrogen-bond donors (Lipinski definition) is 3. The van der Waals surface area contributed by atoms with E-state index in [9.17, 15) is 0 Å². The van der Waals surface area contributed by atoms with Crippen molar-refractivity contribution >= 4 is 5.82 Å². The van der Waals surface area contributed by atoms with E-state index in [1.807, 2.05) is 6.07 Å². The minimum Gasteiger partial charge on any atom is -0.396 e. The smallest absolute Gasteiger partial charge is 0.126 e. The monoisotopic (exact) mass is 281 g/mol. The molecule has 1 aromatic rings. The van der Waals surface area contributed by atoms with Crippen LogP contribution >= 0.6 is 0 Å². The Hall–Kier alpha value is -1.13. The number of aliphatic hydroxyl groups is 1. The molecule has 20 heavy (non-hydrogen) atoms. The van der Waals surface area contributed by atoms with Crippen molar-refractivity contribution in [3.63, 3.8) is 0 Å². The van der Waals surface area contributed by atoms with E-state index in [1.54, 1.807) is 0 Å². The van der Waals surface area contributed by atoms with Gasteiger partial charge in [-0.15, -0.1) is 0 Å². The van der Waals surface area contributed by atoms with E-state index in [1.165, 1.54) is 12.8 Å². The second-order valence-electron chi connectivity index (χ2n) is 4.92. The lowest BCUT2D eigenvalue weighted by Crippen LogP contribution is -2.01. The largest absolute Gasteiger partial charge is 0.396 e. The molecule has 0 atom stereocenters. The van der Waals surface area contributed by atoms with Gasteiger partial charge in [-0.1, -0.05) is 32.8 Å². The van der Waals surface area contributed by atoms with E-state index in [2.05, 4.69) is 24.9 Å². The fourth-order valence-electron chi connectivity index (χ4n) is 1.79. The molecule has 1 rings (SSSR count). The highest BCUT2D eigenvalue weighted by Crippen LogP contribution is 2.13. The second-order valence-corrected chi connectivity index (χ2v) is 4.92. The first-order chi connectivity index (χ1) is 9.69. The zero-order valence-electron chi connectivity index (χ0n) is 13.1. The third kappa shape index (κ3) is 8.88. The number of aryl methyl sites for hydroxylation is 2. The van der Waals surface area contributed by atoms with Gasteiger partial charge < -0.3 is 16.6 Å². The quantitative estimate of drug-likeness (QED) is 0.639. The number of nitrogens with two attached hydrogens (primary N) is 2. The number of nitrogen functional groups attached to an aromatic ring is 1. The molecule has 0 radical (unpaired) electrons. The van der Waals surface area contributed by atoms with Crippen LogP contribution in [-0.2, 0) is 12.8 Å².